The van der Waals surface area contributed by atoms with Crippen LogP contribution >= 0.6 is 0 Å². The number of nitrogens with zero attached hydrogens (tertiary/aromatic N) is 2. The summed E-state index contributed by atoms with van der Waals surface area (Å²) >= 11 is 0. The summed E-state index contributed by atoms with van der Waals surface area (Å²) in [5, 5.41) is 22.1. The molecule has 158 valence electrons. The number of anilines is 1. The first-order chi connectivity index (χ1) is 14.8. The minimum Gasteiger partial charge on any atom is -0.423 e. The molecular formula is C23H25BN4O3. The summed E-state index contributed by atoms with van der Waals surface area (Å²) in [6, 6.07) is 14.7. The highest BCUT2D eigenvalue weighted by Crippen LogP contribution is 2.42. The van der Waals surface area contributed by atoms with Crippen molar-refractivity contribution in [2.75, 3.05) is 5.32 Å². The number of primary amides is 1. The molecule has 0 radical (unpaired) electrons. The van der Waals surface area contributed by atoms with Crippen molar-refractivity contribution in [2.24, 2.45) is 11.7 Å². The van der Waals surface area contributed by atoms with Gasteiger partial charge >= 0.3 is 7.12 Å². The summed E-state index contributed by atoms with van der Waals surface area (Å²) in [7, 11) is -1.50. The predicted molar refractivity (Wildman–Crippen MR) is 120 cm³/mol. The Labute approximate surface area is 181 Å². The van der Waals surface area contributed by atoms with Crippen LogP contribution in [-0.4, -0.2) is 33.0 Å². The van der Waals surface area contributed by atoms with E-state index in [2.05, 4.69) is 12.2 Å². The van der Waals surface area contributed by atoms with Gasteiger partial charge in [0, 0.05) is 29.8 Å². The van der Waals surface area contributed by atoms with Gasteiger partial charge in [0.05, 0.1) is 0 Å². The van der Waals surface area contributed by atoms with Gasteiger partial charge in [-0.2, -0.15) is 0 Å². The summed E-state index contributed by atoms with van der Waals surface area (Å²) in [6.45, 7) is 4.55. The van der Waals surface area contributed by atoms with Gasteiger partial charge in [-0.1, -0.05) is 43.3 Å². The molecule has 1 amide bonds. The van der Waals surface area contributed by atoms with E-state index in [4.69, 9.17) is 15.7 Å². The quantitative estimate of drug-likeness (QED) is 0.452. The molecule has 0 bridgehead atoms. The standard InChI is InChI=1S/C23H25BN4O3/c1-13-9-19-17(7-4-8-18(19)22(25)29)21(13)23-27-14(2)10-20(28-23)26-12-15-5-3-6-16(11-15)24(30)31/h3-8,10-11,13,21,30-31H,9,12H2,1-2H3,(H2,25,29)(H,26,27,28). The number of rotatable bonds is 6. The van der Waals surface area contributed by atoms with Gasteiger partial charge in [0.25, 0.3) is 0 Å². The Morgan fingerprint density at radius 1 is 1.19 bits per heavy atom. The predicted octanol–water partition coefficient (Wildman–Crippen LogP) is 1.50. The van der Waals surface area contributed by atoms with Crippen molar-refractivity contribution in [2.45, 2.75) is 32.7 Å². The zero-order chi connectivity index (χ0) is 22.1. The van der Waals surface area contributed by atoms with Crippen LogP contribution in [0.1, 0.15) is 51.4 Å². The smallest absolute Gasteiger partial charge is 0.423 e. The monoisotopic (exact) mass is 416 g/mol. The van der Waals surface area contributed by atoms with E-state index < -0.39 is 13.0 Å². The van der Waals surface area contributed by atoms with Crippen molar-refractivity contribution < 1.29 is 14.8 Å². The number of hydrogen-bond acceptors (Lipinski definition) is 6. The van der Waals surface area contributed by atoms with Crippen LogP contribution < -0.4 is 16.5 Å². The van der Waals surface area contributed by atoms with Gasteiger partial charge in [-0.3, -0.25) is 4.79 Å². The molecule has 0 saturated heterocycles. The summed E-state index contributed by atoms with van der Waals surface area (Å²) in [4.78, 5) is 21.3. The third-order valence-corrected chi connectivity index (χ3v) is 5.78. The lowest BCUT2D eigenvalue weighted by Crippen LogP contribution is -2.30. The number of nitrogens with two attached hydrogens (primary N) is 1. The number of benzene rings is 2. The Hall–Kier alpha value is -3.23. The molecule has 1 aromatic heterocycles. The van der Waals surface area contributed by atoms with E-state index >= 15 is 0 Å². The molecule has 8 heteroatoms. The van der Waals surface area contributed by atoms with Crippen LogP contribution in [0, 0.1) is 12.8 Å². The SMILES string of the molecule is Cc1cc(NCc2cccc(B(O)O)c2)nc(C2c3cccc(C(N)=O)c3CC2C)n1. The molecule has 2 unspecified atom stereocenters. The second-order valence-corrected chi connectivity index (χ2v) is 8.12. The molecular weight excluding hydrogens is 391 g/mol. The Kier molecular flexibility index (Phi) is 5.76. The topological polar surface area (TPSA) is 121 Å². The molecule has 0 fully saturated rings. The number of nitrogens with one attached hydrogen (secondary N) is 1. The summed E-state index contributed by atoms with van der Waals surface area (Å²) < 4.78 is 0. The minimum atomic E-state index is -1.50. The van der Waals surface area contributed by atoms with Gasteiger partial charge in [-0.05, 0) is 47.5 Å². The first-order valence-electron chi connectivity index (χ1n) is 10.3. The Bertz CT molecular complexity index is 1140. The van der Waals surface area contributed by atoms with Gasteiger partial charge in [-0.15, -0.1) is 0 Å². The Morgan fingerprint density at radius 2 is 1.97 bits per heavy atom. The van der Waals surface area contributed by atoms with Crippen LogP contribution in [0.4, 0.5) is 5.82 Å². The number of fused-ring (bicyclic) bond motifs is 1. The molecule has 4 rings (SSSR count). The van der Waals surface area contributed by atoms with Crippen LogP contribution in [0.25, 0.3) is 0 Å². The Morgan fingerprint density at radius 3 is 2.71 bits per heavy atom. The number of amides is 1. The van der Waals surface area contributed by atoms with Crippen molar-refractivity contribution in [3.05, 3.63) is 82.3 Å². The van der Waals surface area contributed by atoms with Crippen LogP contribution in [0.3, 0.4) is 0 Å². The largest absolute Gasteiger partial charge is 0.488 e. The maximum Gasteiger partial charge on any atom is 0.488 e. The highest BCUT2D eigenvalue weighted by Gasteiger charge is 2.35. The number of hydrogen-bond donors (Lipinski definition) is 4. The lowest BCUT2D eigenvalue weighted by Gasteiger charge is -2.17. The fraction of sp³-hybridized carbons (Fsp3) is 0.261. The van der Waals surface area contributed by atoms with Crippen LogP contribution in [-0.2, 0) is 13.0 Å². The number of aromatic nitrogens is 2. The summed E-state index contributed by atoms with van der Waals surface area (Å²) in [5.41, 5.74) is 10.4. The maximum absolute atomic E-state index is 11.9. The van der Waals surface area contributed by atoms with Crippen molar-refractivity contribution in [1.82, 2.24) is 9.97 Å². The fourth-order valence-electron chi connectivity index (χ4n) is 4.37. The fourth-order valence-corrected chi connectivity index (χ4v) is 4.37. The first-order valence-corrected chi connectivity index (χ1v) is 10.3. The normalized spacial score (nSPS) is 17.3. The van der Waals surface area contributed by atoms with Crippen molar-refractivity contribution in [3.8, 4) is 0 Å². The van der Waals surface area contributed by atoms with Crippen molar-refractivity contribution in [3.63, 3.8) is 0 Å². The second kappa shape index (κ2) is 8.49. The molecule has 2 atom stereocenters. The molecule has 0 aliphatic heterocycles. The van der Waals surface area contributed by atoms with E-state index in [1.54, 1.807) is 24.3 Å². The van der Waals surface area contributed by atoms with E-state index in [0.717, 1.165) is 34.6 Å². The molecule has 5 N–H and O–H groups in total. The van der Waals surface area contributed by atoms with Gasteiger partial charge in [0.2, 0.25) is 5.91 Å². The zero-order valence-corrected chi connectivity index (χ0v) is 17.5. The van der Waals surface area contributed by atoms with E-state index in [9.17, 15) is 14.8 Å². The minimum absolute atomic E-state index is 0.0115. The molecule has 1 aliphatic rings. The molecule has 7 nitrogen and oxygen atoms in total. The Balaban J connectivity index is 1.62. The summed E-state index contributed by atoms with van der Waals surface area (Å²) in [6.07, 6.45) is 0.759. The average Bonchev–Trinajstić information content (AvgIpc) is 3.07. The second-order valence-electron chi connectivity index (χ2n) is 8.12. The number of aryl methyl sites for hydroxylation is 1. The third-order valence-electron chi connectivity index (χ3n) is 5.78. The van der Waals surface area contributed by atoms with E-state index in [0.29, 0.717) is 23.4 Å². The number of carbonyl (C=O) groups excluding carboxylic acids is 1. The highest BCUT2D eigenvalue weighted by molar-refractivity contribution is 6.58. The molecule has 1 aliphatic carbocycles. The zero-order valence-electron chi connectivity index (χ0n) is 17.5. The average molecular weight is 416 g/mol. The molecule has 31 heavy (non-hydrogen) atoms. The molecule has 2 aromatic carbocycles. The molecule has 0 spiro atoms. The van der Waals surface area contributed by atoms with Gasteiger partial charge in [0.15, 0.2) is 0 Å². The maximum atomic E-state index is 11.9. The third kappa shape index (κ3) is 4.31. The molecule has 3 aromatic rings. The van der Waals surface area contributed by atoms with E-state index in [1.807, 2.05) is 31.2 Å². The van der Waals surface area contributed by atoms with E-state index in [-0.39, 0.29) is 11.8 Å². The highest BCUT2D eigenvalue weighted by atomic mass is 16.4. The summed E-state index contributed by atoms with van der Waals surface area (Å²) in [5.74, 6) is 1.24. The van der Waals surface area contributed by atoms with Crippen molar-refractivity contribution in [1.29, 1.82) is 0 Å². The van der Waals surface area contributed by atoms with Crippen LogP contribution in [0.15, 0.2) is 48.5 Å². The lowest BCUT2D eigenvalue weighted by atomic mass is 9.80. The van der Waals surface area contributed by atoms with Crippen molar-refractivity contribution >= 4 is 24.3 Å². The molecule has 1 heterocycles. The van der Waals surface area contributed by atoms with Gasteiger partial charge < -0.3 is 21.1 Å². The molecule has 0 saturated carbocycles. The van der Waals surface area contributed by atoms with Gasteiger partial charge in [0.1, 0.15) is 11.6 Å². The first kappa shape index (κ1) is 21.0. The van der Waals surface area contributed by atoms with Crippen LogP contribution in [0.2, 0.25) is 0 Å². The lowest BCUT2D eigenvalue weighted by molar-refractivity contribution is 0.0999. The van der Waals surface area contributed by atoms with Gasteiger partial charge in [-0.25, -0.2) is 9.97 Å². The van der Waals surface area contributed by atoms with Crippen LogP contribution in [0.5, 0.6) is 0 Å². The number of carbonyl (C=O) groups is 1. The van der Waals surface area contributed by atoms with E-state index in [1.165, 1.54) is 0 Å².